The summed E-state index contributed by atoms with van der Waals surface area (Å²) in [5.74, 6) is -1.33. The molecule has 0 fully saturated rings. The number of rotatable bonds is 2. The van der Waals surface area contributed by atoms with Crippen molar-refractivity contribution >= 4 is 18.2 Å². The molecule has 5 heteroatoms. The van der Waals surface area contributed by atoms with Crippen LogP contribution >= 0.6 is 12.2 Å². The average Bonchev–Trinajstić information content (AvgIpc) is 2.35. The zero-order chi connectivity index (χ0) is 13.3. The number of carbonyl (C=O) groups is 1. The number of aromatic hydroxyl groups is 1. The molecule has 0 spiro atoms. The van der Waals surface area contributed by atoms with Gasteiger partial charge in [0.1, 0.15) is 0 Å². The van der Waals surface area contributed by atoms with E-state index in [1.165, 1.54) is 6.20 Å². The molecule has 92 valence electrons. The Balaban J connectivity index is 2.76. The highest BCUT2D eigenvalue weighted by molar-refractivity contribution is 7.71. The third-order valence-electron chi connectivity index (χ3n) is 2.64. The summed E-state index contributed by atoms with van der Waals surface area (Å²) >= 11 is 4.97. The summed E-state index contributed by atoms with van der Waals surface area (Å²) in [7, 11) is 1.67. The molecule has 0 unspecified atom stereocenters. The molecule has 1 aromatic carbocycles. The van der Waals surface area contributed by atoms with Crippen molar-refractivity contribution in [2.45, 2.75) is 0 Å². The van der Waals surface area contributed by atoms with Crippen LogP contribution in [-0.2, 0) is 7.05 Å². The number of hydrogen-bond acceptors (Lipinski definition) is 3. The number of pyridine rings is 1. The Labute approximate surface area is 109 Å². The van der Waals surface area contributed by atoms with Gasteiger partial charge in [-0.1, -0.05) is 42.5 Å². The number of nitrogens with zero attached hydrogens (tertiary/aromatic N) is 1. The standard InChI is InChI=1S/C13H11NO3S/c1-14-7-9(13(16)17)12(18)11(15)10(14)8-5-3-2-4-6-8/h2-7,15H,1H3,(H,16,17). The third-order valence-corrected chi connectivity index (χ3v) is 3.05. The minimum atomic E-state index is -1.15. The molecule has 0 aliphatic heterocycles. The van der Waals surface area contributed by atoms with E-state index in [1.807, 2.05) is 30.3 Å². The van der Waals surface area contributed by atoms with Gasteiger partial charge in [-0.25, -0.2) is 4.79 Å². The van der Waals surface area contributed by atoms with Crippen LogP contribution in [0.25, 0.3) is 11.3 Å². The van der Waals surface area contributed by atoms with Crippen molar-refractivity contribution < 1.29 is 15.0 Å². The molecule has 0 aliphatic carbocycles. The highest BCUT2D eigenvalue weighted by Gasteiger charge is 2.15. The van der Waals surface area contributed by atoms with Crippen LogP contribution in [0.5, 0.6) is 5.75 Å². The van der Waals surface area contributed by atoms with Gasteiger partial charge in [0.05, 0.1) is 15.8 Å². The van der Waals surface area contributed by atoms with Gasteiger partial charge in [0.25, 0.3) is 0 Å². The summed E-state index contributed by atoms with van der Waals surface area (Å²) < 4.78 is 1.52. The quantitative estimate of drug-likeness (QED) is 0.816. The number of aromatic carboxylic acids is 1. The molecule has 1 heterocycles. The van der Waals surface area contributed by atoms with Crippen molar-refractivity contribution in [3.8, 4) is 17.0 Å². The molecule has 0 aliphatic rings. The maximum absolute atomic E-state index is 11.0. The van der Waals surface area contributed by atoms with Crippen molar-refractivity contribution in [1.82, 2.24) is 4.57 Å². The number of aromatic nitrogens is 1. The first-order chi connectivity index (χ1) is 8.52. The largest absolute Gasteiger partial charge is 0.504 e. The summed E-state index contributed by atoms with van der Waals surface area (Å²) in [6.45, 7) is 0. The highest BCUT2D eigenvalue weighted by atomic mass is 32.1. The van der Waals surface area contributed by atoms with Crippen LogP contribution in [-0.4, -0.2) is 20.7 Å². The second-order valence-electron chi connectivity index (χ2n) is 3.85. The zero-order valence-corrected chi connectivity index (χ0v) is 10.4. The first-order valence-electron chi connectivity index (χ1n) is 5.23. The maximum Gasteiger partial charge on any atom is 0.338 e. The SMILES string of the molecule is Cn1cc(C(=O)O)c(=S)c(O)c1-c1ccccc1. The van der Waals surface area contributed by atoms with E-state index in [0.29, 0.717) is 5.69 Å². The van der Waals surface area contributed by atoms with Crippen molar-refractivity contribution in [3.05, 3.63) is 46.6 Å². The van der Waals surface area contributed by atoms with Gasteiger partial charge in [0.2, 0.25) is 0 Å². The van der Waals surface area contributed by atoms with Gasteiger partial charge in [-0.05, 0) is 0 Å². The number of carboxylic acid groups (broad SMARTS) is 1. The van der Waals surface area contributed by atoms with Crippen LogP contribution < -0.4 is 0 Å². The predicted molar refractivity (Wildman–Crippen MR) is 70.3 cm³/mol. The Morgan fingerprint density at radius 1 is 1.28 bits per heavy atom. The lowest BCUT2D eigenvalue weighted by Crippen LogP contribution is -2.05. The first kappa shape index (κ1) is 12.3. The van der Waals surface area contributed by atoms with Crippen molar-refractivity contribution in [2.24, 2.45) is 7.05 Å². The first-order valence-corrected chi connectivity index (χ1v) is 5.64. The van der Waals surface area contributed by atoms with Gasteiger partial charge < -0.3 is 14.8 Å². The van der Waals surface area contributed by atoms with E-state index >= 15 is 0 Å². The van der Waals surface area contributed by atoms with Gasteiger partial charge in [0.15, 0.2) is 5.75 Å². The fourth-order valence-electron chi connectivity index (χ4n) is 1.81. The van der Waals surface area contributed by atoms with Gasteiger partial charge in [-0.3, -0.25) is 0 Å². The van der Waals surface area contributed by atoms with E-state index in [4.69, 9.17) is 17.3 Å². The predicted octanol–water partition coefficient (Wildman–Crippen LogP) is 2.83. The Morgan fingerprint density at radius 3 is 2.44 bits per heavy atom. The Kier molecular flexibility index (Phi) is 3.16. The molecule has 0 bridgehead atoms. The fraction of sp³-hybridized carbons (Fsp3) is 0.0769. The van der Waals surface area contributed by atoms with Crippen LogP contribution in [0.4, 0.5) is 0 Å². The monoisotopic (exact) mass is 261 g/mol. The van der Waals surface area contributed by atoms with Crippen LogP contribution in [0.1, 0.15) is 10.4 Å². The summed E-state index contributed by atoms with van der Waals surface area (Å²) in [4.78, 5) is 11.0. The lowest BCUT2D eigenvalue weighted by atomic mass is 10.1. The second kappa shape index (κ2) is 4.62. The molecule has 0 saturated heterocycles. The molecular formula is C13H11NO3S. The van der Waals surface area contributed by atoms with Crippen molar-refractivity contribution in [2.75, 3.05) is 0 Å². The van der Waals surface area contributed by atoms with E-state index in [0.717, 1.165) is 5.56 Å². The summed E-state index contributed by atoms with van der Waals surface area (Å²) in [5.41, 5.74) is 1.20. The van der Waals surface area contributed by atoms with Gasteiger partial charge in [-0.2, -0.15) is 0 Å². The lowest BCUT2D eigenvalue weighted by Gasteiger charge is -2.12. The van der Waals surface area contributed by atoms with Crippen LogP contribution in [0.3, 0.4) is 0 Å². The molecule has 18 heavy (non-hydrogen) atoms. The lowest BCUT2D eigenvalue weighted by molar-refractivity contribution is 0.0695. The highest BCUT2D eigenvalue weighted by Crippen LogP contribution is 2.31. The molecule has 4 nitrogen and oxygen atoms in total. The molecular weight excluding hydrogens is 250 g/mol. The van der Waals surface area contributed by atoms with Crippen molar-refractivity contribution in [3.63, 3.8) is 0 Å². The second-order valence-corrected chi connectivity index (χ2v) is 4.26. The van der Waals surface area contributed by atoms with Crippen LogP contribution in [0, 0.1) is 4.51 Å². The molecule has 2 aromatic rings. The molecule has 2 N–H and O–H groups in total. The minimum absolute atomic E-state index is 0.0422. The number of carboxylic acids is 1. The van der Waals surface area contributed by atoms with Gasteiger partial charge in [0, 0.05) is 18.8 Å². The zero-order valence-electron chi connectivity index (χ0n) is 9.62. The molecule has 1 aromatic heterocycles. The molecule has 0 amide bonds. The number of aryl methyl sites for hydroxylation is 1. The summed E-state index contributed by atoms with van der Waals surface area (Å²) in [6.07, 6.45) is 1.41. The number of benzene rings is 1. The van der Waals surface area contributed by atoms with E-state index in [-0.39, 0.29) is 15.8 Å². The van der Waals surface area contributed by atoms with E-state index < -0.39 is 5.97 Å². The topological polar surface area (TPSA) is 62.5 Å². The molecule has 0 atom stereocenters. The van der Waals surface area contributed by atoms with Crippen LogP contribution in [0.15, 0.2) is 36.5 Å². The van der Waals surface area contributed by atoms with Gasteiger partial charge in [-0.15, -0.1) is 0 Å². The van der Waals surface area contributed by atoms with Gasteiger partial charge >= 0.3 is 5.97 Å². The van der Waals surface area contributed by atoms with E-state index in [2.05, 4.69) is 0 Å². The molecule has 2 rings (SSSR count). The molecule has 0 saturated carbocycles. The Bertz CT molecular complexity index is 662. The maximum atomic E-state index is 11.0. The van der Waals surface area contributed by atoms with Crippen molar-refractivity contribution in [1.29, 1.82) is 0 Å². The molecule has 0 radical (unpaired) electrons. The minimum Gasteiger partial charge on any atom is -0.504 e. The van der Waals surface area contributed by atoms with Crippen LogP contribution in [0.2, 0.25) is 0 Å². The summed E-state index contributed by atoms with van der Waals surface area (Å²) in [6, 6.07) is 9.18. The normalized spacial score (nSPS) is 10.3. The fourth-order valence-corrected chi connectivity index (χ4v) is 2.04. The smallest absolute Gasteiger partial charge is 0.338 e. The van der Waals surface area contributed by atoms with E-state index in [1.54, 1.807) is 11.6 Å². The van der Waals surface area contributed by atoms with E-state index in [9.17, 15) is 9.90 Å². The Morgan fingerprint density at radius 2 is 1.89 bits per heavy atom. The average molecular weight is 261 g/mol. The number of hydrogen-bond donors (Lipinski definition) is 2. The Hall–Kier alpha value is -2.14. The summed E-state index contributed by atoms with van der Waals surface area (Å²) in [5, 5.41) is 19.1. The third kappa shape index (κ3) is 2.00.